The normalized spacial score (nSPS) is 18.1. The molecule has 1 atom stereocenters. The molecule has 2 N–H and O–H groups in total. The molecule has 3 heteroatoms. The molecule has 0 saturated heterocycles. The molecule has 3 nitrogen and oxygen atoms in total. The third-order valence-electron chi connectivity index (χ3n) is 3.17. The van der Waals surface area contributed by atoms with Crippen molar-refractivity contribution in [1.82, 2.24) is 5.32 Å². The maximum atomic E-state index is 11.8. The Morgan fingerprint density at radius 2 is 2.11 bits per heavy atom. The van der Waals surface area contributed by atoms with Gasteiger partial charge in [0.05, 0.1) is 0 Å². The van der Waals surface area contributed by atoms with Crippen LogP contribution in [0, 0.1) is 0 Å². The molecule has 0 bridgehead atoms. The van der Waals surface area contributed by atoms with E-state index in [1.165, 1.54) is 11.3 Å². The summed E-state index contributed by atoms with van der Waals surface area (Å²) in [6.45, 7) is 6.98. The number of rotatable bonds is 3. The quantitative estimate of drug-likeness (QED) is 0.861. The fraction of sp³-hybridized carbons (Fsp3) is 0.533. The van der Waals surface area contributed by atoms with Crippen LogP contribution in [0.15, 0.2) is 24.3 Å². The average Bonchev–Trinajstić information content (AvgIpc) is 2.67. The summed E-state index contributed by atoms with van der Waals surface area (Å²) in [5.74, 6) is 0.610. The summed E-state index contributed by atoms with van der Waals surface area (Å²) >= 11 is 0. The zero-order valence-electron chi connectivity index (χ0n) is 11.4. The molecule has 0 saturated carbocycles. The van der Waals surface area contributed by atoms with E-state index in [1.807, 2.05) is 26.8 Å². The first-order valence-electron chi connectivity index (χ1n) is 6.59. The first kappa shape index (κ1) is 12.9. The molecule has 1 amide bonds. The van der Waals surface area contributed by atoms with Gasteiger partial charge in [0.1, 0.15) is 0 Å². The molecule has 1 unspecified atom stereocenters. The van der Waals surface area contributed by atoms with Crippen LogP contribution in [0.2, 0.25) is 0 Å². The van der Waals surface area contributed by atoms with E-state index < -0.39 is 0 Å². The van der Waals surface area contributed by atoms with Gasteiger partial charge in [0, 0.05) is 30.1 Å². The molecule has 2 rings (SSSR count). The van der Waals surface area contributed by atoms with Crippen molar-refractivity contribution in [2.45, 2.75) is 45.1 Å². The first-order valence-corrected chi connectivity index (χ1v) is 6.59. The molecule has 1 aliphatic heterocycles. The molecule has 0 aliphatic carbocycles. The molecular formula is C15H22N2O. The lowest BCUT2D eigenvalue weighted by Crippen LogP contribution is -2.40. The third kappa shape index (κ3) is 3.25. The Kier molecular flexibility index (Phi) is 3.60. The summed E-state index contributed by atoms with van der Waals surface area (Å²) in [5.41, 5.74) is 2.43. The summed E-state index contributed by atoms with van der Waals surface area (Å²) in [7, 11) is 0. The minimum atomic E-state index is -0.136. The largest absolute Gasteiger partial charge is 0.384 e. The highest BCUT2D eigenvalue weighted by Crippen LogP contribution is 2.33. The minimum Gasteiger partial charge on any atom is -0.384 e. The lowest BCUT2D eigenvalue weighted by atomic mass is 9.96. The molecule has 0 spiro atoms. The molecular weight excluding hydrogens is 224 g/mol. The van der Waals surface area contributed by atoms with Crippen molar-refractivity contribution in [3.05, 3.63) is 29.8 Å². The van der Waals surface area contributed by atoms with Gasteiger partial charge in [0.25, 0.3) is 0 Å². The number of hydrogen-bond acceptors (Lipinski definition) is 2. The Morgan fingerprint density at radius 1 is 1.39 bits per heavy atom. The number of nitrogens with one attached hydrogen (secondary N) is 2. The second-order valence-electron chi connectivity index (χ2n) is 6.00. The van der Waals surface area contributed by atoms with Crippen molar-refractivity contribution in [2.24, 2.45) is 0 Å². The Morgan fingerprint density at radius 3 is 2.83 bits per heavy atom. The summed E-state index contributed by atoms with van der Waals surface area (Å²) in [4.78, 5) is 11.8. The van der Waals surface area contributed by atoms with Crippen LogP contribution >= 0.6 is 0 Å². The van der Waals surface area contributed by atoms with Gasteiger partial charge in [-0.3, -0.25) is 4.79 Å². The maximum Gasteiger partial charge on any atom is 0.220 e. The van der Waals surface area contributed by atoms with Crippen LogP contribution in [-0.2, 0) is 4.79 Å². The van der Waals surface area contributed by atoms with Gasteiger partial charge in [-0.2, -0.15) is 0 Å². The van der Waals surface area contributed by atoms with Crippen molar-refractivity contribution in [3.63, 3.8) is 0 Å². The van der Waals surface area contributed by atoms with Crippen molar-refractivity contribution in [2.75, 3.05) is 11.9 Å². The van der Waals surface area contributed by atoms with Crippen molar-refractivity contribution >= 4 is 11.6 Å². The van der Waals surface area contributed by atoms with Gasteiger partial charge in [-0.1, -0.05) is 18.2 Å². The molecule has 0 fully saturated rings. The number of amides is 1. The number of benzene rings is 1. The Balaban J connectivity index is 1.87. The number of carbonyl (C=O) groups is 1. The Bertz CT molecular complexity index is 434. The standard InChI is InChI=1S/C15H22N2O/c1-15(2,3)17-14(18)9-8-11-10-16-13-7-5-4-6-12(11)13/h4-7,11,16H,8-10H2,1-3H3,(H,17,18). The first-order chi connectivity index (χ1) is 8.46. The van der Waals surface area contributed by atoms with Crippen LogP contribution < -0.4 is 10.6 Å². The third-order valence-corrected chi connectivity index (χ3v) is 3.17. The summed E-state index contributed by atoms with van der Waals surface area (Å²) in [6.07, 6.45) is 1.50. The van der Waals surface area contributed by atoms with Gasteiger partial charge >= 0.3 is 0 Å². The molecule has 0 radical (unpaired) electrons. The van der Waals surface area contributed by atoms with Crippen molar-refractivity contribution in [3.8, 4) is 0 Å². The lowest BCUT2D eigenvalue weighted by molar-refractivity contribution is -0.122. The van der Waals surface area contributed by atoms with Crippen LogP contribution in [0.4, 0.5) is 5.69 Å². The van der Waals surface area contributed by atoms with E-state index in [0.29, 0.717) is 12.3 Å². The van der Waals surface area contributed by atoms with Gasteiger partial charge < -0.3 is 10.6 Å². The zero-order chi connectivity index (χ0) is 13.2. The smallest absolute Gasteiger partial charge is 0.220 e. The van der Waals surface area contributed by atoms with E-state index in [4.69, 9.17) is 0 Å². The Hall–Kier alpha value is -1.51. The van der Waals surface area contributed by atoms with E-state index in [9.17, 15) is 4.79 Å². The molecule has 18 heavy (non-hydrogen) atoms. The molecule has 1 aromatic rings. The van der Waals surface area contributed by atoms with E-state index in [1.54, 1.807) is 0 Å². The SMILES string of the molecule is CC(C)(C)NC(=O)CCC1CNc2ccccc21. The van der Waals surface area contributed by atoms with E-state index in [-0.39, 0.29) is 11.4 Å². The fourth-order valence-electron chi connectivity index (χ4n) is 2.40. The molecule has 1 aromatic carbocycles. The minimum absolute atomic E-state index is 0.136. The predicted octanol–water partition coefficient (Wildman–Crippen LogP) is 2.89. The maximum absolute atomic E-state index is 11.8. The number of fused-ring (bicyclic) bond motifs is 1. The molecule has 0 aromatic heterocycles. The lowest BCUT2D eigenvalue weighted by Gasteiger charge is -2.21. The second-order valence-corrected chi connectivity index (χ2v) is 6.00. The van der Waals surface area contributed by atoms with E-state index >= 15 is 0 Å². The average molecular weight is 246 g/mol. The van der Waals surface area contributed by atoms with Crippen molar-refractivity contribution in [1.29, 1.82) is 0 Å². The van der Waals surface area contributed by atoms with Gasteiger partial charge in [0.15, 0.2) is 0 Å². The van der Waals surface area contributed by atoms with Gasteiger partial charge in [-0.05, 0) is 38.8 Å². The zero-order valence-corrected chi connectivity index (χ0v) is 11.4. The van der Waals surface area contributed by atoms with Crippen LogP contribution in [-0.4, -0.2) is 18.0 Å². The summed E-state index contributed by atoms with van der Waals surface area (Å²) < 4.78 is 0. The highest BCUT2D eigenvalue weighted by molar-refractivity contribution is 5.76. The molecule has 1 aliphatic rings. The highest BCUT2D eigenvalue weighted by atomic mass is 16.1. The fourth-order valence-corrected chi connectivity index (χ4v) is 2.40. The Labute approximate surface area is 109 Å². The number of hydrogen-bond donors (Lipinski definition) is 2. The predicted molar refractivity (Wildman–Crippen MR) is 74.8 cm³/mol. The van der Waals surface area contributed by atoms with Crippen LogP contribution in [0.5, 0.6) is 0 Å². The van der Waals surface area contributed by atoms with Crippen LogP contribution in [0.25, 0.3) is 0 Å². The van der Waals surface area contributed by atoms with Gasteiger partial charge in [-0.15, -0.1) is 0 Å². The highest BCUT2D eigenvalue weighted by Gasteiger charge is 2.22. The number of para-hydroxylation sites is 1. The van der Waals surface area contributed by atoms with Gasteiger partial charge in [-0.25, -0.2) is 0 Å². The van der Waals surface area contributed by atoms with E-state index in [0.717, 1.165) is 13.0 Å². The summed E-state index contributed by atoms with van der Waals surface area (Å²) in [5, 5.41) is 6.40. The van der Waals surface area contributed by atoms with Gasteiger partial charge in [0.2, 0.25) is 5.91 Å². The topological polar surface area (TPSA) is 41.1 Å². The molecule has 98 valence electrons. The van der Waals surface area contributed by atoms with Crippen LogP contribution in [0.3, 0.4) is 0 Å². The number of anilines is 1. The summed E-state index contributed by atoms with van der Waals surface area (Å²) in [6, 6.07) is 8.36. The van der Waals surface area contributed by atoms with Crippen LogP contribution in [0.1, 0.15) is 45.1 Å². The van der Waals surface area contributed by atoms with E-state index in [2.05, 4.69) is 28.8 Å². The number of carbonyl (C=O) groups excluding carboxylic acids is 1. The monoisotopic (exact) mass is 246 g/mol. The second kappa shape index (κ2) is 5.01. The van der Waals surface area contributed by atoms with Crippen molar-refractivity contribution < 1.29 is 4.79 Å². The molecule has 1 heterocycles.